The van der Waals surface area contributed by atoms with Gasteiger partial charge in [0, 0.05) is 5.56 Å². The predicted octanol–water partition coefficient (Wildman–Crippen LogP) is 2.90. The van der Waals surface area contributed by atoms with Crippen LogP contribution in [0.25, 0.3) is 0 Å². The Balaban J connectivity index is 2.73. The third-order valence-electron chi connectivity index (χ3n) is 3.22. The standard InChI is InChI=1S/C14H22N2O2/c1-4-11(5-2)9-18-12-6-7-13(10(3)8-12)14(15)16-17/h6-8,11,17H,4-5,9H2,1-3H3,(H2,15,16). The lowest BCUT2D eigenvalue weighted by molar-refractivity contribution is 0.240. The van der Waals surface area contributed by atoms with E-state index in [1.165, 1.54) is 0 Å². The SMILES string of the molecule is CCC(CC)COc1ccc(/C(N)=N/O)c(C)c1. The van der Waals surface area contributed by atoms with Gasteiger partial charge in [-0.25, -0.2) is 0 Å². The number of hydrogen-bond donors (Lipinski definition) is 2. The van der Waals surface area contributed by atoms with E-state index in [0.717, 1.165) is 36.3 Å². The van der Waals surface area contributed by atoms with Crippen molar-refractivity contribution in [3.05, 3.63) is 29.3 Å². The van der Waals surface area contributed by atoms with Gasteiger partial charge in [-0.2, -0.15) is 0 Å². The third kappa shape index (κ3) is 3.65. The van der Waals surface area contributed by atoms with E-state index in [4.69, 9.17) is 15.7 Å². The first-order valence-electron chi connectivity index (χ1n) is 6.33. The van der Waals surface area contributed by atoms with Gasteiger partial charge in [-0.1, -0.05) is 31.8 Å². The zero-order chi connectivity index (χ0) is 13.5. The second kappa shape index (κ2) is 6.89. The number of nitrogens with zero attached hydrogens (tertiary/aromatic N) is 1. The lowest BCUT2D eigenvalue weighted by atomic mass is 10.1. The van der Waals surface area contributed by atoms with Crippen LogP contribution in [-0.2, 0) is 0 Å². The van der Waals surface area contributed by atoms with Crippen LogP contribution in [0.15, 0.2) is 23.4 Å². The summed E-state index contributed by atoms with van der Waals surface area (Å²) in [6.45, 7) is 6.99. The van der Waals surface area contributed by atoms with Gasteiger partial charge in [0.1, 0.15) is 5.75 Å². The summed E-state index contributed by atoms with van der Waals surface area (Å²) in [5.41, 5.74) is 7.24. The second-order valence-corrected chi connectivity index (χ2v) is 4.46. The average molecular weight is 250 g/mol. The van der Waals surface area contributed by atoms with E-state index in [2.05, 4.69) is 19.0 Å². The van der Waals surface area contributed by atoms with E-state index in [9.17, 15) is 0 Å². The molecule has 0 amide bonds. The summed E-state index contributed by atoms with van der Waals surface area (Å²) in [7, 11) is 0. The lowest BCUT2D eigenvalue weighted by Crippen LogP contribution is -2.15. The molecule has 0 atom stereocenters. The number of amidine groups is 1. The first-order chi connectivity index (χ1) is 8.62. The highest BCUT2D eigenvalue weighted by molar-refractivity contribution is 5.98. The molecule has 1 rings (SSSR count). The van der Waals surface area contributed by atoms with Crippen LogP contribution in [0.3, 0.4) is 0 Å². The van der Waals surface area contributed by atoms with Gasteiger partial charge < -0.3 is 15.7 Å². The number of aryl methyl sites for hydroxylation is 1. The summed E-state index contributed by atoms with van der Waals surface area (Å²) in [6.07, 6.45) is 2.25. The lowest BCUT2D eigenvalue weighted by Gasteiger charge is -2.14. The minimum Gasteiger partial charge on any atom is -0.493 e. The van der Waals surface area contributed by atoms with Gasteiger partial charge in [0.2, 0.25) is 0 Å². The summed E-state index contributed by atoms with van der Waals surface area (Å²) in [5.74, 6) is 1.54. The Hall–Kier alpha value is -1.71. The molecule has 0 heterocycles. The molecular weight excluding hydrogens is 228 g/mol. The first-order valence-corrected chi connectivity index (χ1v) is 6.33. The average Bonchev–Trinajstić information content (AvgIpc) is 2.39. The number of hydrogen-bond acceptors (Lipinski definition) is 3. The number of rotatable bonds is 6. The van der Waals surface area contributed by atoms with Gasteiger partial charge >= 0.3 is 0 Å². The number of benzene rings is 1. The van der Waals surface area contributed by atoms with E-state index in [1.807, 2.05) is 25.1 Å². The molecule has 100 valence electrons. The normalized spacial score (nSPS) is 11.9. The van der Waals surface area contributed by atoms with Crippen LogP contribution in [0.4, 0.5) is 0 Å². The molecule has 0 aliphatic carbocycles. The Kier molecular flexibility index (Phi) is 5.49. The molecule has 0 fully saturated rings. The van der Waals surface area contributed by atoms with Crippen molar-refractivity contribution in [2.45, 2.75) is 33.6 Å². The van der Waals surface area contributed by atoms with Crippen LogP contribution in [0, 0.1) is 12.8 Å². The van der Waals surface area contributed by atoms with Gasteiger partial charge in [0.05, 0.1) is 6.61 Å². The van der Waals surface area contributed by atoms with Crippen LogP contribution in [0.5, 0.6) is 5.75 Å². The quantitative estimate of drug-likeness (QED) is 0.353. The molecule has 0 bridgehead atoms. The molecule has 1 aromatic rings. The van der Waals surface area contributed by atoms with Crippen LogP contribution < -0.4 is 10.5 Å². The summed E-state index contributed by atoms with van der Waals surface area (Å²) in [6, 6.07) is 5.57. The van der Waals surface area contributed by atoms with E-state index < -0.39 is 0 Å². The second-order valence-electron chi connectivity index (χ2n) is 4.46. The van der Waals surface area contributed by atoms with E-state index in [1.54, 1.807) is 0 Å². The molecule has 0 saturated heterocycles. The van der Waals surface area contributed by atoms with Gasteiger partial charge in [0.15, 0.2) is 5.84 Å². The third-order valence-corrected chi connectivity index (χ3v) is 3.22. The van der Waals surface area contributed by atoms with Crippen LogP contribution in [-0.4, -0.2) is 17.6 Å². The van der Waals surface area contributed by atoms with Crippen LogP contribution >= 0.6 is 0 Å². The van der Waals surface area contributed by atoms with Crippen molar-refractivity contribution >= 4 is 5.84 Å². The number of nitrogens with two attached hydrogens (primary N) is 1. The van der Waals surface area contributed by atoms with Crippen molar-refractivity contribution in [3.63, 3.8) is 0 Å². The molecule has 4 heteroatoms. The zero-order valence-corrected chi connectivity index (χ0v) is 11.3. The number of ether oxygens (including phenoxy) is 1. The molecule has 0 spiro atoms. The fourth-order valence-corrected chi connectivity index (χ4v) is 1.81. The predicted molar refractivity (Wildman–Crippen MR) is 73.3 cm³/mol. The molecule has 1 aromatic carbocycles. The summed E-state index contributed by atoms with van der Waals surface area (Å²) < 4.78 is 5.76. The van der Waals surface area contributed by atoms with Gasteiger partial charge in [-0.3, -0.25) is 0 Å². The van der Waals surface area contributed by atoms with Crippen LogP contribution in [0.1, 0.15) is 37.8 Å². The minimum atomic E-state index is 0.124. The zero-order valence-electron chi connectivity index (χ0n) is 11.3. The molecule has 0 aromatic heterocycles. The number of oxime groups is 1. The minimum absolute atomic E-state index is 0.124. The highest BCUT2D eigenvalue weighted by Crippen LogP contribution is 2.19. The van der Waals surface area contributed by atoms with Crippen molar-refractivity contribution in [2.75, 3.05) is 6.61 Å². The first kappa shape index (κ1) is 14.4. The molecule has 18 heavy (non-hydrogen) atoms. The van der Waals surface area contributed by atoms with Gasteiger partial charge in [-0.15, -0.1) is 0 Å². The summed E-state index contributed by atoms with van der Waals surface area (Å²) >= 11 is 0. The van der Waals surface area contributed by atoms with E-state index in [0.29, 0.717) is 5.92 Å². The summed E-state index contributed by atoms with van der Waals surface area (Å²) in [5, 5.41) is 11.7. The molecule has 0 aliphatic rings. The molecular formula is C14H22N2O2. The Morgan fingerprint density at radius 1 is 1.39 bits per heavy atom. The van der Waals surface area contributed by atoms with Gasteiger partial charge in [0.25, 0.3) is 0 Å². The molecule has 4 nitrogen and oxygen atoms in total. The Morgan fingerprint density at radius 2 is 2.06 bits per heavy atom. The van der Waals surface area contributed by atoms with Crippen molar-refractivity contribution < 1.29 is 9.94 Å². The molecule has 0 radical (unpaired) electrons. The maximum atomic E-state index is 8.65. The van der Waals surface area contributed by atoms with Crippen molar-refractivity contribution in [3.8, 4) is 5.75 Å². The van der Waals surface area contributed by atoms with Crippen LogP contribution in [0.2, 0.25) is 0 Å². The highest BCUT2D eigenvalue weighted by Gasteiger charge is 2.07. The van der Waals surface area contributed by atoms with Crippen molar-refractivity contribution in [1.82, 2.24) is 0 Å². The molecule has 0 aliphatic heterocycles. The van der Waals surface area contributed by atoms with E-state index in [-0.39, 0.29) is 5.84 Å². The monoisotopic (exact) mass is 250 g/mol. The fraction of sp³-hybridized carbons (Fsp3) is 0.500. The molecule has 3 N–H and O–H groups in total. The maximum absolute atomic E-state index is 8.65. The topological polar surface area (TPSA) is 67.8 Å². The van der Waals surface area contributed by atoms with Crippen molar-refractivity contribution in [2.24, 2.45) is 16.8 Å². The Bertz CT molecular complexity index is 412. The van der Waals surface area contributed by atoms with Gasteiger partial charge in [-0.05, 0) is 36.6 Å². The van der Waals surface area contributed by atoms with E-state index >= 15 is 0 Å². The smallest absolute Gasteiger partial charge is 0.170 e. The largest absolute Gasteiger partial charge is 0.493 e. The molecule has 0 saturated carbocycles. The maximum Gasteiger partial charge on any atom is 0.170 e. The fourth-order valence-electron chi connectivity index (χ4n) is 1.81. The Morgan fingerprint density at radius 3 is 2.56 bits per heavy atom. The highest BCUT2D eigenvalue weighted by atomic mass is 16.5. The molecule has 0 unspecified atom stereocenters. The Labute approximate surface area is 108 Å². The van der Waals surface area contributed by atoms with Crippen molar-refractivity contribution in [1.29, 1.82) is 0 Å². The summed E-state index contributed by atoms with van der Waals surface area (Å²) in [4.78, 5) is 0.